The van der Waals surface area contributed by atoms with Crippen molar-refractivity contribution in [1.82, 2.24) is 20.0 Å². The fourth-order valence-corrected chi connectivity index (χ4v) is 5.27. The molecule has 1 aromatic heterocycles. The van der Waals surface area contributed by atoms with E-state index in [1.807, 2.05) is 0 Å². The van der Waals surface area contributed by atoms with Crippen LogP contribution in [0.3, 0.4) is 0 Å². The first-order valence-corrected chi connectivity index (χ1v) is 12.1. The number of benzene rings is 1. The number of halogens is 2. The van der Waals surface area contributed by atoms with Gasteiger partial charge in [0.15, 0.2) is 0 Å². The molecular weight excluding hydrogens is 487 g/mol. The van der Waals surface area contributed by atoms with Gasteiger partial charge in [-0.2, -0.15) is 4.37 Å². The molecule has 0 radical (unpaired) electrons. The summed E-state index contributed by atoms with van der Waals surface area (Å²) in [5.74, 6) is -0.864. The van der Waals surface area contributed by atoms with Gasteiger partial charge >= 0.3 is 0 Å². The second-order valence-corrected chi connectivity index (χ2v) is 9.82. The van der Waals surface area contributed by atoms with Crippen LogP contribution in [0.4, 0.5) is 15.2 Å². The lowest BCUT2D eigenvalue weighted by atomic mass is 10.2. The summed E-state index contributed by atoms with van der Waals surface area (Å²) in [4.78, 5) is 3.26. The van der Waals surface area contributed by atoms with Crippen LogP contribution in [-0.4, -0.2) is 61.2 Å². The second kappa shape index (κ2) is 10.1. The molecule has 2 heterocycles. The maximum atomic E-state index is 14.4. The zero-order chi connectivity index (χ0) is 20.9. The summed E-state index contributed by atoms with van der Waals surface area (Å²) in [5.41, 5.74) is 0.473. The van der Waals surface area contributed by atoms with E-state index < -0.39 is 20.7 Å². The highest BCUT2D eigenvalue weighted by molar-refractivity contribution is 9.10. The van der Waals surface area contributed by atoms with Crippen molar-refractivity contribution in [3.8, 4) is 0 Å². The van der Waals surface area contributed by atoms with Gasteiger partial charge in [-0.1, -0.05) is 0 Å². The molecule has 3 rings (SSSR count). The van der Waals surface area contributed by atoms with E-state index in [9.17, 15) is 17.9 Å². The molecule has 0 amide bonds. The van der Waals surface area contributed by atoms with Crippen molar-refractivity contribution in [3.05, 3.63) is 28.7 Å². The number of hydrogen-bond donors (Lipinski definition) is 5. The molecule has 0 saturated carbocycles. The van der Waals surface area contributed by atoms with Crippen molar-refractivity contribution in [2.45, 2.75) is 29.9 Å². The third-order valence-corrected chi connectivity index (χ3v) is 7.12. The SMILES string of the molecule is O=S(=O)(Nc1ncns1)c1cc(Br)c(NCCCCN[C@@H]2CNC[C@H]2O)cc1F. The lowest BCUT2D eigenvalue weighted by Crippen LogP contribution is -2.39. The summed E-state index contributed by atoms with van der Waals surface area (Å²) < 4.78 is 45.5. The van der Waals surface area contributed by atoms with Crippen molar-refractivity contribution < 1.29 is 17.9 Å². The molecular formula is C16H22BrFN6O3S2. The summed E-state index contributed by atoms with van der Waals surface area (Å²) in [5, 5.41) is 19.3. The molecule has 160 valence electrons. The largest absolute Gasteiger partial charge is 0.390 e. The Kier molecular flexibility index (Phi) is 7.76. The van der Waals surface area contributed by atoms with Gasteiger partial charge in [0, 0.05) is 41.7 Å². The van der Waals surface area contributed by atoms with Gasteiger partial charge in [-0.25, -0.2) is 17.8 Å². The second-order valence-electron chi connectivity index (χ2n) is 6.53. The lowest BCUT2D eigenvalue weighted by molar-refractivity contribution is 0.163. The first kappa shape index (κ1) is 22.3. The number of aliphatic hydroxyl groups excluding tert-OH is 1. The maximum Gasteiger partial charge on any atom is 0.266 e. The minimum atomic E-state index is -4.11. The predicted octanol–water partition coefficient (Wildman–Crippen LogP) is 1.35. The number of aliphatic hydroxyl groups is 1. The Hall–Kier alpha value is -1.38. The predicted molar refractivity (Wildman–Crippen MR) is 113 cm³/mol. The van der Waals surface area contributed by atoms with Crippen molar-refractivity contribution in [2.24, 2.45) is 0 Å². The van der Waals surface area contributed by atoms with Crippen molar-refractivity contribution >= 4 is 48.3 Å². The number of aromatic nitrogens is 2. The van der Waals surface area contributed by atoms with E-state index in [0.29, 0.717) is 23.2 Å². The Morgan fingerprint density at radius 2 is 2.10 bits per heavy atom. The average molecular weight is 509 g/mol. The highest BCUT2D eigenvalue weighted by Gasteiger charge is 2.24. The minimum absolute atomic E-state index is 0.0669. The Labute approximate surface area is 180 Å². The number of anilines is 2. The van der Waals surface area contributed by atoms with Crippen LogP contribution in [-0.2, 0) is 10.0 Å². The molecule has 0 bridgehead atoms. The molecule has 1 aliphatic rings. The first-order valence-electron chi connectivity index (χ1n) is 9.01. The van der Waals surface area contributed by atoms with E-state index in [1.54, 1.807) is 0 Å². The summed E-state index contributed by atoms with van der Waals surface area (Å²) >= 11 is 4.15. The van der Waals surface area contributed by atoms with Gasteiger partial charge in [0.05, 0.1) is 11.8 Å². The van der Waals surface area contributed by atoms with Gasteiger partial charge < -0.3 is 21.1 Å². The summed E-state index contributed by atoms with van der Waals surface area (Å²) in [6.45, 7) is 2.74. The fourth-order valence-electron chi connectivity index (χ4n) is 2.89. The molecule has 9 nitrogen and oxygen atoms in total. The standard InChI is InChI=1S/C16H22BrFN6O3S2/c17-10-5-15(29(26,27)24-16-22-9-23-28-16)11(18)6-12(10)20-3-1-2-4-21-13-7-19-8-14(13)25/h5-6,9,13-14,19-21,25H,1-4,7-8H2,(H,22,23,24)/t13-,14-/m1/s1. The summed E-state index contributed by atoms with van der Waals surface area (Å²) in [7, 11) is -4.11. The number of nitrogens with one attached hydrogen (secondary N) is 4. The highest BCUT2D eigenvalue weighted by Crippen LogP contribution is 2.29. The van der Waals surface area contributed by atoms with Crippen LogP contribution in [0.25, 0.3) is 0 Å². The molecule has 2 atom stereocenters. The molecule has 2 aromatic rings. The zero-order valence-electron chi connectivity index (χ0n) is 15.4. The monoisotopic (exact) mass is 508 g/mol. The van der Waals surface area contributed by atoms with Crippen molar-refractivity contribution in [1.29, 1.82) is 0 Å². The van der Waals surface area contributed by atoms with E-state index in [4.69, 9.17) is 0 Å². The summed E-state index contributed by atoms with van der Waals surface area (Å²) in [6, 6.07) is 2.45. The van der Waals surface area contributed by atoms with E-state index in [2.05, 4.69) is 46.0 Å². The average Bonchev–Trinajstić information content (AvgIpc) is 3.31. The van der Waals surface area contributed by atoms with Gasteiger partial charge in [0.1, 0.15) is 17.0 Å². The quantitative estimate of drug-likeness (QED) is 0.304. The Bertz CT molecular complexity index is 916. The van der Waals surface area contributed by atoms with Gasteiger partial charge in [-0.15, -0.1) is 0 Å². The summed E-state index contributed by atoms with van der Waals surface area (Å²) in [6.07, 6.45) is 2.57. The highest BCUT2D eigenvalue weighted by atomic mass is 79.9. The van der Waals surface area contributed by atoms with Crippen molar-refractivity contribution in [3.63, 3.8) is 0 Å². The number of rotatable bonds is 10. The van der Waals surface area contributed by atoms with Crippen LogP contribution in [0.5, 0.6) is 0 Å². The molecule has 0 unspecified atom stereocenters. The molecule has 1 aliphatic heterocycles. The number of β-amino-alcohol motifs (C(OH)–C–C–N with tert-alkyl or cyclic N) is 1. The maximum absolute atomic E-state index is 14.4. The van der Waals surface area contributed by atoms with Gasteiger partial charge in [0.25, 0.3) is 10.0 Å². The van der Waals surface area contributed by atoms with Crippen LogP contribution in [0, 0.1) is 5.82 Å². The lowest BCUT2D eigenvalue weighted by Gasteiger charge is -2.15. The Morgan fingerprint density at radius 1 is 1.31 bits per heavy atom. The molecule has 1 fully saturated rings. The third kappa shape index (κ3) is 6.06. The molecule has 1 saturated heterocycles. The van der Waals surface area contributed by atoms with E-state index in [1.165, 1.54) is 12.4 Å². The number of nitrogens with zero attached hydrogens (tertiary/aromatic N) is 2. The van der Waals surface area contributed by atoms with Crippen LogP contribution >= 0.6 is 27.5 Å². The minimum Gasteiger partial charge on any atom is -0.390 e. The molecule has 29 heavy (non-hydrogen) atoms. The third-order valence-electron chi connectivity index (χ3n) is 4.40. The number of hydrogen-bond acceptors (Lipinski definition) is 9. The first-order chi connectivity index (χ1) is 13.9. The van der Waals surface area contributed by atoms with Crippen LogP contribution in [0.2, 0.25) is 0 Å². The fraction of sp³-hybridized carbons (Fsp3) is 0.500. The van der Waals surface area contributed by atoms with Gasteiger partial charge in [-0.3, -0.25) is 4.72 Å². The van der Waals surface area contributed by atoms with Crippen LogP contribution in [0.15, 0.2) is 27.8 Å². The smallest absolute Gasteiger partial charge is 0.266 e. The topological polar surface area (TPSA) is 128 Å². The number of sulfonamides is 1. The van der Waals surface area contributed by atoms with E-state index >= 15 is 0 Å². The van der Waals surface area contributed by atoms with E-state index in [0.717, 1.165) is 43.5 Å². The van der Waals surface area contributed by atoms with Crippen molar-refractivity contribution in [2.75, 3.05) is 36.2 Å². The van der Waals surface area contributed by atoms with Crippen LogP contribution < -0.4 is 20.7 Å². The molecule has 13 heteroatoms. The van der Waals surface area contributed by atoms with Gasteiger partial charge in [-0.05, 0) is 47.4 Å². The molecule has 0 aliphatic carbocycles. The van der Waals surface area contributed by atoms with Gasteiger partial charge in [0.2, 0.25) is 5.13 Å². The zero-order valence-corrected chi connectivity index (χ0v) is 18.6. The molecule has 1 aromatic carbocycles. The van der Waals surface area contributed by atoms with Crippen LogP contribution in [0.1, 0.15) is 12.8 Å². The normalized spacial score (nSPS) is 19.4. The molecule has 5 N–H and O–H groups in total. The Balaban J connectivity index is 1.50. The van der Waals surface area contributed by atoms with E-state index in [-0.39, 0.29) is 17.3 Å². The Morgan fingerprint density at radius 3 is 2.79 bits per heavy atom. The number of unbranched alkanes of at least 4 members (excludes halogenated alkanes) is 1. The molecule has 0 spiro atoms.